The minimum Gasteiger partial charge on any atom is -0.484 e. The van der Waals surface area contributed by atoms with E-state index in [9.17, 15) is 4.79 Å². The number of ether oxygens (including phenoxy) is 1. The molecular formula is C12H14N2O2. The van der Waals surface area contributed by atoms with E-state index in [4.69, 9.17) is 10.00 Å². The fraction of sp³-hybridized carbons (Fsp3) is 0.333. The minimum atomic E-state index is -0.126. The zero-order valence-corrected chi connectivity index (χ0v) is 9.22. The first-order valence-electron chi connectivity index (χ1n) is 5.03. The zero-order valence-electron chi connectivity index (χ0n) is 9.22. The Hall–Kier alpha value is -2.02. The summed E-state index contributed by atoms with van der Waals surface area (Å²) in [6.07, 6.45) is 0.341. The van der Waals surface area contributed by atoms with E-state index in [2.05, 4.69) is 0 Å². The van der Waals surface area contributed by atoms with Crippen LogP contribution >= 0.6 is 0 Å². The van der Waals surface area contributed by atoms with Crippen molar-refractivity contribution in [2.75, 3.05) is 20.2 Å². The number of nitriles is 1. The summed E-state index contributed by atoms with van der Waals surface area (Å²) in [5.41, 5.74) is 0. The van der Waals surface area contributed by atoms with Gasteiger partial charge in [0.2, 0.25) is 0 Å². The van der Waals surface area contributed by atoms with E-state index in [-0.39, 0.29) is 12.5 Å². The molecule has 0 unspecified atom stereocenters. The maximum Gasteiger partial charge on any atom is 0.260 e. The first-order valence-corrected chi connectivity index (χ1v) is 5.03. The number of likely N-dealkylation sites (N-methyl/N-ethyl adjacent to an activating group) is 1. The van der Waals surface area contributed by atoms with Gasteiger partial charge in [-0.2, -0.15) is 5.26 Å². The third-order valence-corrected chi connectivity index (χ3v) is 2.09. The molecule has 1 amide bonds. The van der Waals surface area contributed by atoms with Gasteiger partial charge in [-0.25, -0.2) is 0 Å². The van der Waals surface area contributed by atoms with Crippen LogP contribution in [0.4, 0.5) is 0 Å². The van der Waals surface area contributed by atoms with Gasteiger partial charge in [-0.1, -0.05) is 18.2 Å². The Balaban J connectivity index is 2.33. The number of para-hydroxylation sites is 1. The second-order valence-electron chi connectivity index (χ2n) is 3.33. The molecule has 4 nitrogen and oxygen atoms in total. The molecule has 0 aliphatic carbocycles. The zero-order chi connectivity index (χ0) is 11.8. The van der Waals surface area contributed by atoms with Crippen LogP contribution in [0.1, 0.15) is 6.42 Å². The van der Waals surface area contributed by atoms with E-state index in [1.54, 1.807) is 19.2 Å². The molecule has 0 radical (unpaired) electrons. The molecule has 0 bridgehead atoms. The average Bonchev–Trinajstić information content (AvgIpc) is 2.34. The van der Waals surface area contributed by atoms with Gasteiger partial charge in [0, 0.05) is 13.6 Å². The number of hydrogen-bond acceptors (Lipinski definition) is 3. The van der Waals surface area contributed by atoms with Gasteiger partial charge in [0.1, 0.15) is 5.75 Å². The Kier molecular flexibility index (Phi) is 4.87. The molecule has 1 aromatic carbocycles. The lowest BCUT2D eigenvalue weighted by atomic mass is 10.3. The van der Waals surface area contributed by atoms with Crippen LogP contribution in [0.2, 0.25) is 0 Å². The van der Waals surface area contributed by atoms with Gasteiger partial charge in [-0.05, 0) is 12.1 Å². The molecule has 0 aromatic heterocycles. The van der Waals surface area contributed by atoms with Gasteiger partial charge >= 0.3 is 0 Å². The van der Waals surface area contributed by atoms with Crippen molar-refractivity contribution in [1.82, 2.24) is 4.90 Å². The predicted molar refractivity (Wildman–Crippen MR) is 59.8 cm³/mol. The van der Waals surface area contributed by atoms with Crippen molar-refractivity contribution in [3.63, 3.8) is 0 Å². The van der Waals surface area contributed by atoms with Gasteiger partial charge in [-0.15, -0.1) is 0 Å². The molecule has 0 aliphatic rings. The number of amides is 1. The van der Waals surface area contributed by atoms with Crippen LogP contribution in [0.5, 0.6) is 5.75 Å². The number of nitrogens with zero attached hydrogens (tertiary/aromatic N) is 2. The lowest BCUT2D eigenvalue weighted by Crippen LogP contribution is -2.32. The van der Waals surface area contributed by atoms with Crippen molar-refractivity contribution in [3.05, 3.63) is 30.3 Å². The molecular weight excluding hydrogens is 204 g/mol. The molecule has 0 saturated carbocycles. The summed E-state index contributed by atoms with van der Waals surface area (Å²) >= 11 is 0. The van der Waals surface area contributed by atoms with E-state index in [0.717, 1.165) is 0 Å². The fourth-order valence-electron chi connectivity index (χ4n) is 1.11. The topological polar surface area (TPSA) is 53.3 Å². The maximum absolute atomic E-state index is 11.5. The molecule has 84 valence electrons. The van der Waals surface area contributed by atoms with Crippen LogP contribution in [0.3, 0.4) is 0 Å². The largest absolute Gasteiger partial charge is 0.484 e. The third-order valence-electron chi connectivity index (χ3n) is 2.09. The Labute approximate surface area is 95.0 Å². The Morgan fingerprint density at radius 1 is 1.44 bits per heavy atom. The Morgan fingerprint density at radius 3 is 2.75 bits per heavy atom. The van der Waals surface area contributed by atoms with Crippen molar-refractivity contribution in [2.24, 2.45) is 0 Å². The first-order chi connectivity index (χ1) is 7.74. The smallest absolute Gasteiger partial charge is 0.260 e. The van der Waals surface area contributed by atoms with Crippen molar-refractivity contribution < 1.29 is 9.53 Å². The second-order valence-corrected chi connectivity index (χ2v) is 3.33. The maximum atomic E-state index is 11.5. The van der Waals surface area contributed by atoms with Gasteiger partial charge in [-0.3, -0.25) is 4.79 Å². The van der Waals surface area contributed by atoms with Crippen LogP contribution in [-0.4, -0.2) is 31.0 Å². The molecule has 0 spiro atoms. The molecule has 0 saturated heterocycles. The molecule has 4 heteroatoms. The summed E-state index contributed by atoms with van der Waals surface area (Å²) in [6, 6.07) is 11.2. The normalized spacial score (nSPS) is 9.25. The summed E-state index contributed by atoms with van der Waals surface area (Å²) in [6.45, 7) is 0.444. The molecule has 1 rings (SSSR count). The highest BCUT2D eigenvalue weighted by Crippen LogP contribution is 2.08. The average molecular weight is 218 g/mol. The highest BCUT2D eigenvalue weighted by molar-refractivity contribution is 5.77. The van der Waals surface area contributed by atoms with Gasteiger partial charge in [0.05, 0.1) is 12.5 Å². The van der Waals surface area contributed by atoms with E-state index in [1.165, 1.54) is 4.90 Å². The van der Waals surface area contributed by atoms with Gasteiger partial charge < -0.3 is 9.64 Å². The second kappa shape index (κ2) is 6.46. The van der Waals surface area contributed by atoms with Gasteiger partial charge in [0.25, 0.3) is 5.91 Å². The van der Waals surface area contributed by atoms with Crippen LogP contribution in [0.15, 0.2) is 30.3 Å². The molecule has 0 N–H and O–H groups in total. The first kappa shape index (κ1) is 12.1. The number of carbonyl (C=O) groups excluding carboxylic acids is 1. The van der Waals surface area contributed by atoms with Crippen molar-refractivity contribution in [3.8, 4) is 11.8 Å². The lowest BCUT2D eigenvalue weighted by Gasteiger charge is -2.15. The van der Waals surface area contributed by atoms with Crippen LogP contribution in [-0.2, 0) is 4.79 Å². The number of rotatable bonds is 5. The summed E-state index contributed by atoms with van der Waals surface area (Å²) in [5.74, 6) is 0.545. The molecule has 0 atom stereocenters. The van der Waals surface area contributed by atoms with E-state index in [1.807, 2.05) is 24.3 Å². The quantitative estimate of drug-likeness (QED) is 0.751. The number of carbonyl (C=O) groups is 1. The molecule has 0 fully saturated rings. The summed E-state index contributed by atoms with van der Waals surface area (Å²) in [5, 5.41) is 8.39. The van der Waals surface area contributed by atoms with Crippen molar-refractivity contribution in [2.45, 2.75) is 6.42 Å². The monoisotopic (exact) mass is 218 g/mol. The molecule has 1 aromatic rings. The Bertz CT molecular complexity index is 370. The van der Waals surface area contributed by atoms with Crippen LogP contribution in [0.25, 0.3) is 0 Å². The molecule has 0 heterocycles. The fourth-order valence-corrected chi connectivity index (χ4v) is 1.11. The number of benzene rings is 1. The van der Waals surface area contributed by atoms with Crippen molar-refractivity contribution >= 4 is 5.91 Å². The highest BCUT2D eigenvalue weighted by Gasteiger charge is 2.08. The molecule has 0 aliphatic heterocycles. The highest BCUT2D eigenvalue weighted by atomic mass is 16.5. The summed E-state index contributed by atoms with van der Waals surface area (Å²) in [4.78, 5) is 13.0. The van der Waals surface area contributed by atoms with E-state index >= 15 is 0 Å². The van der Waals surface area contributed by atoms with Crippen LogP contribution in [0, 0.1) is 11.3 Å². The third kappa shape index (κ3) is 4.01. The predicted octanol–water partition coefficient (Wildman–Crippen LogP) is 1.44. The Morgan fingerprint density at radius 2 is 2.12 bits per heavy atom. The van der Waals surface area contributed by atoms with Gasteiger partial charge in [0.15, 0.2) is 6.61 Å². The summed E-state index contributed by atoms with van der Waals surface area (Å²) < 4.78 is 5.29. The van der Waals surface area contributed by atoms with Crippen molar-refractivity contribution in [1.29, 1.82) is 5.26 Å². The minimum absolute atomic E-state index is 0.00589. The van der Waals surface area contributed by atoms with E-state index in [0.29, 0.717) is 18.7 Å². The standard InChI is InChI=1S/C12H14N2O2/c1-14(9-5-8-13)12(15)10-16-11-6-3-2-4-7-11/h2-4,6-7H,5,9-10H2,1H3. The lowest BCUT2D eigenvalue weighted by molar-refractivity contribution is -0.131. The molecule has 16 heavy (non-hydrogen) atoms. The van der Waals surface area contributed by atoms with Crippen LogP contribution < -0.4 is 4.74 Å². The summed E-state index contributed by atoms with van der Waals surface area (Å²) in [7, 11) is 1.66. The SMILES string of the molecule is CN(CCC#N)C(=O)COc1ccccc1. The van der Waals surface area contributed by atoms with E-state index < -0.39 is 0 Å². The number of hydrogen-bond donors (Lipinski definition) is 0.